The zero-order valence-electron chi connectivity index (χ0n) is 23.4. The van der Waals surface area contributed by atoms with E-state index in [9.17, 15) is 4.79 Å². The van der Waals surface area contributed by atoms with Gasteiger partial charge in [-0.05, 0) is 93.4 Å². The Bertz CT molecular complexity index is 1560. The summed E-state index contributed by atoms with van der Waals surface area (Å²) in [5.41, 5.74) is 8.81. The van der Waals surface area contributed by atoms with E-state index in [2.05, 4.69) is 60.8 Å². The van der Waals surface area contributed by atoms with E-state index in [1.165, 1.54) is 69.4 Å². The fourth-order valence-electron chi connectivity index (χ4n) is 7.90. The number of aromatic nitrogens is 4. The molecule has 2 saturated carbocycles. The minimum atomic E-state index is 0.0420. The monoisotopic (exact) mass is 529 g/mol. The van der Waals surface area contributed by atoms with Crippen molar-refractivity contribution in [2.45, 2.75) is 97.4 Å². The van der Waals surface area contributed by atoms with Crippen LogP contribution >= 0.6 is 11.3 Å². The molecule has 1 N–H and O–H groups in total. The van der Waals surface area contributed by atoms with Crippen LogP contribution in [0.25, 0.3) is 27.1 Å². The lowest BCUT2D eigenvalue weighted by Crippen LogP contribution is -2.62. The highest BCUT2D eigenvalue weighted by Gasteiger charge is 2.52. The summed E-state index contributed by atoms with van der Waals surface area (Å²) in [4.78, 5) is 26.2. The van der Waals surface area contributed by atoms with E-state index in [4.69, 9.17) is 0 Å². The molecule has 7 rings (SSSR count). The van der Waals surface area contributed by atoms with Gasteiger partial charge >= 0.3 is 0 Å². The van der Waals surface area contributed by atoms with E-state index in [0.717, 1.165) is 38.0 Å². The van der Waals surface area contributed by atoms with Gasteiger partial charge in [-0.25, -0.2) is 9.50 Å². The molecule has 2 aliphatic carbocycles. The standard InChI is InChI=1S/C31H39N5OS/c1-17(2)25-26-20(5)28(21-8-10-22(11-9-21)35-14-31(15-35)12-6-7-24(31)37)38-30(26)34-27(25)23-13-36-29(32-16-33-36)19(4)18(23)3/h13,16-17,21-22,34H,6-12,14-15H2,1-5H3/t21-,22+. The number of aromatic amines is 1. The van der Waals surface area contributed by atoms with Crippen LogP contribution < -0.4 is 0 Å². The minimum absolute atomic E-state index is 0.0420. The zero-order chi connectivity index (χ0) is 26.3. The average molecular weight is 530 g/mol. The van der Waals surface area contributed by atoms with Crippen LogP contribution in [0.4, 0.5) is 0 Å². The van der Waals surface area contributed by atoms with Gasteiger partial charge in [0.15, 0.2) is 5.65 Å². The summed E-state index contributed by atoms with van der Waals surface area (Å²) in [7, 11) is 0. The van der Waals surface area contributed by atoms with Crippen molar-refractivity contribution in [3.8, 4) is 11.3 Å². The second-order valence-electron chi connectivity index (χ2n) is 12.7. The Morgan fingerprint density at radius 2 is 1.84 bits per heavy atom. The first-order valence-electron chi connectivity index (χ1n) is 14.5. The van der Waals surface area contributed by atoms with Gasteiger partial charge in [-0.1, -0.05) is 13.8 Å². The maximum Gasteiger partial charge on any atom is 0.158 e. The van der Waals surface area contributed by atoms with Crippen molar-refractivity contribution in [2.24, 2.45) is 5.41 Å². The Morgan fingerprint density at radius 3 is 2.53 bits per heavy atom. The van der Waals surface area contributed by atoms with E-state index >= 15 is 0 Å². The van der Waals surface area contributed by atoms with Crippen molar-refractivity contribution in [3.63, 3.8) is 0 Å². The highest BCUT2D eigenvalue weighted by molar-refractivity contribution is 7.19. The maximum atomic E-state index is 12.4. The fourth-order valence-corrected chi connectivity index (χ4v) is 9.30. The molecule has 4 aromatic rings. The molecule has 0 bridgehead atoms. The first-order chi connectivity index (χ1) is 18.3. The molecule has 3 aliphatic rings. The molecule has 4 aromatic heterocycles. The van der Waals surface area contributed by atoms with Crippen LogP contribution in [0.15, 0.2) is 12.5 Å². The molecule has 1 saturated heterocycles. The van der Waals surface area contributed by atoms with Gasteiger partial charge in [-0.2, -0.15) is 5.10 Å². The van der Waals surface area contributed by atoms with Crippen molar-refractivity contribution >= 4 is 33.0 Å². The van der Waals surface area contributed by atoms with Crippen molar-refractivity contribution in [1.82, 2.24) is 24.5 Å². The molecule has 38 heavy (non-hydrogen) atoms. The van der Waals surface area contributed by atoms with E-state index < -0.39 is 0 Å². The number of pyridine rings is 1. The summed E-state index contributed by atoms with van der Waals surface area (Å²) >= 11 is 1.99. The second kappa shape index (κ2) is 8.75. The number of H-pyrrole nitrogens is 1. The first-order valence-corrected chi connectivity index (χ1v) is 15.3. The smallest absolute Gasteiger partial charge is 0.158 e. The molecule has 7 heteroatoms. The molecule has 1 aliphatic heterocycles. The molecule has 1 spiro atoms. The average Bonchev–Trinajstić information content (AvgIpc) is 3.64. The molecule has 200 valence electrons. The van der Waals surface area contributed by atoms with Crippen LogP contribution in [0.5, 0.6) is 0 Å². The Hall–Kier alpha value is -2.51. The van der Waals surface area contributed by atoms with Crippen LogP contribution in [-0.4, -0.2) is 49.4 Å². The third kappa shape index (κ3) is 3.50. The summed E-state index contributed by atoms with van der Waals surface area (Å²) in [6.07, 6.45) is 11.9. The zero-order valence-corrected chi connectivity index (χ0v) is 24.2. The van der Waals surface area contributed by atoms with Crippen LogP contribution in [-0.2, 0) is 4.79 Å². The van der Waals surface area contributed by atoms with Crippen molar-refractivity contribution in [3.05, 3.63) is 39.7 Å². The van der Waals surface area contributed by atoms with E-state index in [0.29, 0.717) is 23.7 Å². The number of hydrogen-bond donors (Lipinski definition) is 1. The largest absolute Gasteiger partial charge is 0.346 e. The molecule has 0 aromatic carbocycles. The molecular formula is C31H39N5OS. The lowest BCUT2D eigenvalue weighted by Gasteiger charge is -2.52. The SMILES string of the molecule is Cc1c(-c2[nH]c3sc([C@H]4CC[C@@H](N5CC6(CCCC6=O)C5)CC4)c(C)c3c2C(C)C)cn2ncnc2c1C. The number of nitrogens with zero attached hydrogens (tertiary/aromatic N) is 4. The number of thiophene rings is 1. The van der Waals surface area contributed by atoms with Crippen LogP contribution in [0.2, 0.25) is 0 Å². The van der Waals surface area contributed by atoms with Crippen LogP contribution in [0.1, 0.15) is 97.8 Å². The second-order valence-corrected chi connectivity index (χ2v) is 13.7. The molecule has 5 heterocycles. The number of Topliss-reactive ketones (excluding diaryl/α,β-unsaturated/α-hetero) is 1. The Balaban J connectivity index is 1.16. The van der Waals surface area contributed by atoms with Gasteiger partial charge in [0.25, 0.3) is 0 Å². The fraction of sp³-hybridized carbons (Fsp3) is 0.581. The van der Waals surface area contributed by atoms with Gasteiger partial charge in [0, 0.05) is 47.6 Å². The normalized spacial score (nSPS) is 23.9. The molecular weight excluding hydrogens is 490 g/mol. The maximum absolute atomic E-state index is 12.4. The summed E-state index contributed by atoms with van der Waals surface area (Å²) in [5.74, 6) is 1.61. The van der Waals surface area contributed by atoms with Crippen molar-refractivity contribution < 1.29 is 4.79 Å². The minimum Gasteiger partial charge on any atom is -0.346 e. The summed E-state index contributed by atoms with van der Waals surface area (Å²) in [6.45, 7) is 13.4. The number of rotatable bonds is 4. The number of ketones is 1. The van der Waals surface area contributed by atoms with Gasteiger partial charge in [0.1, 0.15) is 16.9 Å². The van der Waals surface area contributed by atoms with Crippen LogP contribution in [0.3, 0.4) is 0 Å². The summed E-state index contributed by atoms with van der Waals surface area (Å²) in [6, 6.07) is 0.672. The highest BCUT2D eigenvalue weighted by atomic mass is 32.1. The van der Waals surface area contributed by atoms with Crippen molar-refractivity contribution in [1.29, 1.82) is 0 Å². The Morgan fingerprint density at radius 1 is 1.08 bits per heavy atom. The van der Waals surface area contributed by atoms with Gasteiger partial charge in [0.2, 0.25) is 0 Å². The highest BCUT2D eigenvalue weighted by Crippen LogP contribution is 2.49. The molecule has 0 atom stereocenters. The number of carbonyl (C=O) groups is 1. The first kappa shape index (κ1) is 24.5. The lowest BCUT2D eigenvalue weighted by atomic mass is 9.74. The van der Waals surface area contributed by atoms with E-state index in [1.54, 1.807) is 11.2 Å². The third-order valence-corrected chi connectivity index (χ3v) is 11.5. The number of likely N-dealkylation sites (tertiary alicyclic amines) is 1. The van der Waals surface area contributed by atoms with Gasteiger partial charge in [-0.3, -0.25) is 9.69 Å². The number of carbonyl (C=O) groups excluding carboxylic acids is 1. The molecule has 0 radical (unpaired) electrons. The Kier molecular flexibility index (Phi) is 5.65. The third-order valence-electron chi connectivity index (χ3n) is 10.2. The van der Waals surface area contributed by atoms with Crippen molar-refractivity contribution in [2.75, 3.05) is 13.1 Å². The molecule has 3 fully saturated rings. The van der Waals surface area contributed by atoms with Gasteiger partial charge in [-0.15, -0.1) is 11.3 Å². The Labute approximate surface area is 228 Å². The van der Waals surface area contributed by atoms with Gasteiger partial charge in [0.05, 0.1) is 11.1 Å². The number of nitrogens with one attached hydrogen (secondary N) is 1. The summed E-state index contributed by atoms with van der Waals surface area (Å²) < 4.78 is 1.91. The lowest BCUT2D eigenvalue weighted by molar-refractivity contribution is -0.138. The number of aryl methyl sites for hydroxylation is 2. The molecule has 0 unspecified atom stereocenters. The van der Waals surface area contributed by atoms with E-state index in [-0.39, 0.29) is 5.41 Å². The van der Waals surface area contributed by atoms with Crippen LogP contribution in [0, 0.1) is 26.2 Å². The van der Waals surface area contributed by atoms with E-state index in [1.807, 2.05) is 15.9 Å². The topological polar surface area (TPSA) is 66.3 Å². The summed E-state index contributed by atoms with van der Waals surface area (Å²) in [5, 5.41) is 5.88. The quantitative estimate of drug-likeness (QED) is 0.307. The molecule has 0 amide bonds. The predicted octanol–water partition coefficient (Wildman–Crippen LogP) is 7.07. The molecule has 6 nitrogen and oxygen atoms in total. The van der Waals surface area contributed by atoms with Gasteiger partial charge < -0.3 is 4.98 Å². The predicted molar refractivity (Wildman–Crippen MR) is 154 cm³/mol. The number of hydrogen-bond acceptors (Lipinski definition) is 5. The number of fused-ring (bicyclic) bond motifs is 2.